The van der Waals surface area contributed by atoms with Crippen molar-refractivity contribution in [1.82, 2.24) is 4.90 Å². The summed E-state index contributed by atoms with van der Waals surface area (Å²) in [6.07, 6.45) is 0. The zero-order chi connectivity index (χ0) is 12.1. The molecule has 1 rings (SSSR count). The van der Waals surface area contributed by atoms with Gasteiger partial charge in [0.25, 0.3) is 0 Å². The minimum atomic E-state index is -0.395. The van der Waals surface area contributed by atoms with E-state index >= 15 is 0 Å². The number of carbonyl (C=O) groups is 1. The van der Waals surface area contributed by atoms with E-state index in [0.717, 1.165) is 5.56 Å². The summed E-state index contributed by atoms with van der Waals surface area (Å²) < 4.78 is 12.7. The summed E-state index contributed by atoms with van der Waals surface area (Å²) in [6.45, 7) is 5.23. The number of rotatable bonds is 4. The summed E-state index contributed by atoms with van der Waals surface area (Å²) in [5.41, 5.74) is 0.776. The van der Waals surface area contributed by atoms with Gasteiger partial charge in [0.05, 0.1) is 0 Å². The van der Waals surface area contributed by atoms with Gasteiger partial charge < -0.3 is 4.90 Å². The third-order valence-corrected chi connectivity index (χ3v) is 3.37. The maximum absolute atomic E-state index is 12.7. The molecule has 1 amide bonds. The van der Waals surface area contributed by atoms with Gasteiger partial charge in [0.15, 0.2) is 0 Å². The zero-order valence-corrected chi connectivity index (χ0v) is 11.0. The van der Waals surface area contributed by atoms with Crippen LogP contribution in [0.5, 0.6) is 0 Å². The van der Waals surface area contributed by atoms with Crippen molar-refractivity contribution in [3.8, 4) is 0 Å². The maximum atomic E-state index is 12.7. The van der Waals surface area contributed by atoms with Crippen molar-refractivity contribution in [2.24, 2.45) is 0 Å². The van der Waals surface area contributed by atoms with E-state index in [9.17, 15) is 9.18 Å². The van der Waals surface area contributed by atoms with Crippen LogP contribution in [0.2, 0.25) is 0 Å². The quantitative estimate of drug-likeness (QED) is 0.779. The highest BCUT2D eigenvalue weighted by atomic mass is 79.9. The Morgan fingerprint density at radius 1 is 1.31 bits per heavy atom. The summed E-state index contributed by atoms with van der Waals surface area (Å²) in [5.74, 6) is -0.282. The van der Waals surface area contributed by atoms with Crippen molar-refractivity contribution in [3.63, 3.8) is 0 Å². The molecule has 4 heteroatoms. The summed E-state index contributed by atoms with van der Waals surface area (Å²) in [7, 11) is 0. The first-order valence-electron chi connectivity index (χ1n) is 5.28. The van der Waals surface area contributed by atoms with E-state index in [1.807, 2.05) is 13.8 Å². The van der Waals surface area contributed by atoms with Gasteiger partial charge in [-0.25, -0.2) is 4.39 Å². The molecule has 0 fully saturated rings. The number of halogens is 2. The zero-order valence-electron chi connectivity index (χ0n) is 9.41. The fourth-order valence-electron chi connectivity index (χ4n) is 1.47. The molecule has 0 N–H and O–H groups in total. The van der Waals surface area contributed by atoms with Gasteiger partial charge in [-0.15, -0.1) is 0 Å². The van der Waals surface area contributed by atoms with Crippen LogP contribution in [0.1, 0.15) is 24.2 Å². The van der Waals surface area contributed by atoms with Gasteiger partial charge in [-0.05, 0) is 31.5 Å². The monoisotopic (exact) mass is 287 g/mol. The summed E-state index contributed by atoms with van der Waals surface area (Å²) in [6, 6.07) is 5.96. The molecule has 0 heterocycles. The molecule has 0 bridgehead atoms. The highest BCUT2D eigenvalue weighted by Gasteiger charge is 2.21. The van der Waals surface area contributed by atoms with Crippen molar-refractivity contribution >= 4 is 21.8 Å². The van der Waals surface area contributed by atoms with Gasteiger partial charge in [0.1, 0.15) is 10.6 Å². The van der Waals surface area contributed by atoms with E-state index < -0.39 is 4.83 Å². The van der Waals surface area contributed by atoms with Crippen LogP contribution in [0.3, 0.4) is 0 Å². The fourth-order valence-corrected chi connectivity index (χ4v) is 2.06. The van der Waals surface area contributed by atoms with Crippen LogP contribution in [-0.4, -0.2) is 23.9 Å². The number of carbonyl (C=O) groups excluding carboxylic acids is 1. The van der Waals surface area contributed by atoms with Crippen molar-refractivity contribution in [1.29, 1.82) is 0 Å². The number of benzene rings is 1. The Morgan fingerprint density at radius 3 is 2.25 bits per heavy atom. The molecule has 2 nitrogen and oxygen atoms in total. The first-order chi connectivity index (χ1) is 7.60. The second-order valence-corrected chi connectivity index (χ2v) is 4.34. The average molecular weight is 288 g/mol. The molecule has 1 atom stereocenters. The van der Waals surface area contributed by atoms with E-state index in [-0.39, 0.29) is 11.7 Å². The molecule has 0 aliphatic carbocycles. The first-order valence-corrected chi connectivity index (χ1v) is 6.20. The predicted octanol–water partition coefficient (Wildman–Crippen LogP) is 3.13. The van der Waals surface area contributed by atoms with Gasteiger partial charge >= 0.3 is 0 Å². The van der Waals surface area contributed by atoms with Crippen molar-refractivity contribution < 1.29 is 9.18 Å². The topological polar surface area (TPSA) is 20.3 Å². The van der Waals surface area contributed by atoms with Crippen LogP contribution in [0, 0.1) is 5.82 Å². The van der Waals surface area contributed by atoms with Gasteiger partial charge in [-0.3, -0.25) is 4.79 Å². The van der Waals surface area contributed by atoms with E-state index in [1.54, 1.807) is 17.0 Å². The van der Waals surface area contributed by atoms with E-state index in [4.69, 9.17) is 0 Å². The van der Waals surface area contributed by atoms with Gasteiger partial charge in [0.2, 0.25) is 5.91 Å². The van der Waals surface area contributed by atoms with Crippen molar-refractivity contribution in [3.05, 3.63) is 35.6 Å². The number of hydrogen-bond donors (Lipinski definition) is 0. The van der Waals surface area contributed by atoms with Crippen LogP contribution in [0.25, 0.3) is 0 Å². The molecule has 1 aromatic carbocycles. The molecule has 0 aliphatic heterocycles. The Labute approximate surface area is 104 Å². The Hall–Kier alpha value is -0.900. The third-order valence-electron chi connectivity index (χ3n) is 2.45. The lowest BCUT2D eigenvalue weighted by atomic mass is 10.1. The Kier molecular flexibility index (Phi) is 4.93. The van der Waals surface area contributed by atoms with E-state index in [1.165, 1.54) is 12.1 Å². The largest absolute Gasteiger partial charge is 0.342 e. The van der Waals surface area contributed by atoms with Crippen LogP contribution in [0.15, 0.2) is 24.3 Å². The normalized spacial score (nSPS) is 12.2. The van der Waals surface area contributed by atoms with Crippen LogP contribution in [0.4, 0.5) is 4.39 Å². The lowest BCUT2D eigenvalue weighted by Gasteiger charge is -2.22. The number of hydrogen-bond acceptors (Lipinski definition) is 1. The molecule has 88 valence electrons. The number of likely N-dealkylation sites (N-methyl/N-ethyl adjacent to an activating group) is 1. The van der Waals surface area contributed by atoms with Gasteiger partial charge in [-0.2, -0.15) is 0 Å². The molecule has 0 aromatic heterocycles. The third kappa shape index (κ3) is 3.04. The summed E-state index contributed by atoms with van der Waals surface area (Å²) in [5, 5.41) is 0. The summed E-state index contributed by atoms with van der Waals surface area (Å²) in [4.78, 5) is 13.3. The number of nitrogens with zero attached hydrogens (tertiary/aromatic N) is 1. The maximum Gasteiger partial charge on any atom is 0.240 e. The molecule has 0 saturated heterocycles. The van der Waals surface area contributed by atoms with E-state index in [2.05, 4.69) is 15.9 Å². The molecular formula is C12H15BrFNO. The molecule has 0 spiro atoms. The number of alkyl halides is 1. The Balaban J connectivity index is 2.81. The number of amides is 1. The predicted molar refractivity (Wildman–Crippen MR) is 66.0 cm³/mol. The van der Waals surface area contributed by atoms with Crippen LogP contribution < -0.4 is 0 Å². The van der Waals surface area contributed by atoms with E-state index in [0.29, 0.717) is 13.1 Å². The van der Waals surface area contributed by atoms with Crippen LogP contribution >= 0.6 is 15.9 Å². The molecule has 0 radical (unpaired) electrons. The molecule has 1 unspecified atom stereocenters. The standard InChI is InChI=1S/C12H15BrFNO/c1-3-15(4-2)12(16)11(13)9-5-7-10(14)8-6-9/h5-8,11H,3-4H2,1-2H3. The minimum Gasteiger partial charge on any atom is -0.342 e. The van der Waals surface area contributed by atoms with Crippen molar-refractivity contribution in [2.75, 3.05) is 13.1 Å². The molecule has 0 saturated carbocycles. The second-order valence-electron chi connectivity index (χ2n) is 3.42. The Morgan fingerprint density at radius 2 is 1.81 bits per heavy atom. The van der Waals surface area contributed by atoms with Gasteiger partial charge in [0, 0.05) is 13.1 Å². The SMILES string of the molecule is CCN(CC)C(=O)C(Br)c1ccc(F)cc1. The lowest BCUT2D eigenvalue weighted by Crippen LogP contribution is -2.32. The minimum absolute atomic E-state index is 0.0107. The van der Waals surface area contributed by atoms with Crippen molar-refractivity contribution in [2.45, 2.75) is 18.7 Å². The molecular weight excluding hydrogens is 273 g/mol. The Bertz CT molecular complexity index is 349. The highest BCUT2D eigenvalue weighted by molar-refractivity contribution is 9.09. The molecule has 16 heavy (non-hydrogen) atoms. The highest BCUT2D eigenvalue weighted by Crippen LogP contribution is 2.25. The lowest BCUT2D eigenvalue weighted by molar-refractivity contribution is -0.130. The average Bonchev–Trinajstić information content (AvgIpc) is 2.30. The fraction of sp³-hybridized carbons (Fsp3) is 0.417. The molecule has 0 aliphatic rings. The molecule has 1 aromatic rings. The summed E-state index contributed by atoms with van der Waals surface area (Å²) >= 11 is 3.34. The van der Waals surface area contributed by atoms with Gasteiger partial charge in [-0.1, -0.05) is 28.1 Å². The van der Waals surface area contributed by atoms with Crippen LogP contribution in [-0.2, 0) is 4.79 Å². The first kappa shape index (κ1) is 13.2. The second kappa shape index (κ2) is 5.99. The smallest absolute Gasteiger partial charge is 0.240 e.